The van der Waals surface area contributed by atoms with Gasteiger partial charge in [0.25, 0.3) is 0 Å². The topological polar surface area (TPSA) is 70.1 Å². The molecule has 0 saturated heterocycles. The molecule has 1 heterocycles. The predicted octanol–water partition coefficient (Wildman–Crippen LogP) is 6.67. The fourth-order valence-corrected chi connectivity index (χ4v) is 5.01. The SMILES string of the molecule is CC1(C)CC(=O)C2=C(C1)N(c1ccccc1C(F)(F)F)C(N)=C(C#N)[C@@H]2c1ccccc1C(F)(F)F. The molecule has 36 heavy (non-hydrogen) atoms. The molecule has 1 aliphatic heterocycles. The van der Waals surface area contributed by atoms with Crippen molar-refractivity contribution in [3.8, 4) is 6.07 Å². The van der Waals surface area contributed by atoms with Crippen LogP contribution < -0.4 is 10.6 Å². The summed E-state index contributed by atoms with van der Waals surface area (Å²) in [4.78, 5) is 14.5. The molecule has 2 N–H and O–H groups in total. The maximum Gasteiger partial charge on any atom is 0.418 e. The molecule has 0 radical (unpaired) electrons. The first-order valence-corrected chi connectivity index (χ1v) is 11.0. The van der Waals surface area contributed by atoms with E-state index in [1.165, 1.54) is 24.3 Å². The van der Waals surface area contributed by atoms with E-state index < -0.39 is 57.7 Å². The lowest BCUT2D eigenvalue weighted by Gasteiger charge is -2.44. The zero-order valence-electron chi connectivity index (χ0n) is 19.3. The highest BCUT2D eigenvalue weighted by Crippen LogP contribution is 2.53. The number of carbonyl (C=O) groups excluding carboxylic acids is 1. The van der Waals surface area contributed by atoms with E-state index in [1.54, 1.807) is 19.9 Å². The van der Waals surface area contributed by atoms with Crippen LogP contribution in [-0.2, 0) is 17.1 Å². The second-order valence-electron chi connectivity index (χ2n) is 9.58. The molecule has 0 spiro atoms. The standard InChI is InChI=1S/C26H21F6N3O/c1-24(2)11-19-22(20(36)12-24)21(14-7-3-4-8-16(14)25(27,28)29)15(13-33)23(34)35(19)18-10-6-5-9-17(18)26(30,31)32/h3-10,21H,11-12,34H2,1-2H3/t21-/m0/s1. The van der Waals surface area contributed by atoms with Crippen LogP contribution in [0.3, 0.4) is 0 Å². The second-order valence-corrected chi connectivity index (χ2v) is 9.58. The molecule has 4 nitrogen and oxygen atoms in total. The van der Waals surface area contributed by atoms with Crippen LogP contribution in [0.4, 0.5) is 32.0 Å². The molecule has 0 bridgehead atoms. The largest absolute Gasteiger partial charge is 0.418 e. The Morgan fingerprint density at radius 2 is 1.50 bits per heavy atom. The fraction of sp³-hybridized carbons (Fsp3) is 0.308. The minimum atomic E-state index is -4.80. The Kier molecular flexibility index (Phi) is 5.94. The van der Waals surface area contributed by atoms with Gasteiger partial charge >= 0.3 is 12.4 Å². The number of anilines is 1. The Morgan fingerprint density at radius 1 is 0.944 bits per heavy atom. The van der Waals surface area contributed by atoms with Gasteiger partial charge in [-0.05, 0) is 35.6 Å². The van der Waals surface area contributed by atoms with Crippen LogP contribution in [0.2, 0.25) is 0 Å². The monoisotopic (exact) mass is 505 g/mol. The molecule has 0 aromatic heterocycles. The average molecular weight is 505 g/mol. The van der Waals surface area contributed by atoms with Gasteiger partial charge < -0.3 is 5.73 Å². The lowest BCUT2D eigenvalue weighted by molar-refractivity contribution is -0.138. The maximum absolute atomic E-state index is 13.9. The molecule has 10 heteroatoms. The zero-order valence-corrected chi connectivity index (χ0v) is 19.3. The first-order valence-electron chi connectivity index (χ1n) is 11.0. The van der Waals surface area contributed by atoms with Crippen molar-refractivity contribution in [3.63, 3.8) is 0 Å². The van der Waals surface area contributed by atoms with Gasteiger partial charge in [0.2, 0.25) is 0 Å². The molecule has 0 amide bonds. The van der Waals surface area contributed by atoms with Crippen LogP contribution >= 0.6 is 0 Å². The molecule has 2 aromatic carbocycles. The summed E-state index contributed by atoms with van der Waals surface area (Å²) in [5, 5.41) is 10.0. The number of hydrogen-bond donors (Lipinski definition) is 1. The number of nitrogens with zero attached hydrogens (tertiary/aromatic N) is 2. The average Bonchev–Trinajstić information content (AvgIpc) is 2.76. The number of carbonyl (C=O) groups is 1. The van der Waals surface area contributed by atoms with Gasteiger partial charge in [0.1, 0.15) is 5.82 Å². The van der Waals surface area contributed by atoms with E-state index >= 15 is 0 Å². The van der Waals surface area contributed by atoms with Crippen molar-refractivity contribution in [2.24, 2.45) is 11.1 Å². The van der Waals surface area contributed by atoms with Crippen LogP contribution in [0.15, 0.2) is 71.2 Å². The van der Waals surface area contributed by atoms with Gasteiger partial charge in [0.15, 0.2) is 5.78 Å². The lowest BCUT2D eigenvalue weighted by atomic mass is 9.68. The van der Waals surface area contributed by atoms with Crippen LogP contribution in [-0.4, -0.2) is 5.78 Å². The Labute approximate surface area is 203 Å². The summed E-state index contributed by atoms with van der Waals surface area (Å²) in [6.45, 7) is 3.47. The molecule has 1 aliphatic carbocycles. The van der Waals surface area contributed by atoms with E-state index in [9.17, 15) is 36.4 Å². The van der Waals surface area contributed by atoms with Crippen molar-refractivity contribution >= 4 is 11.5 Å². The highest BCUT2D eigenvalue weighted by molar-refractivity contribution is 6.02. The summed E-state index contributed by atoms with van der Waals surface area (Å²) in [7, 11) is 0. The van der Waals surface area contributed by atoms with Crippen LogP contribution in [0.5, 0.6) is 0 Å². The third-order valence-electron chi connectivity index (χ3n) is 6.41. The van der Waals surface area contributed by atoms with Gasteiger partial charge in [-0.2, -0.15) is 31.6 Å². The van der Waals surface area contributed by atoms with Gasteiger partial charge in [-0.15, -0.1) is 0 Å². The van der Waals surface area contributed by atoms with E-state index in [0.717, 1.165) is 29.2 Å². The molecule has 0 unspecified atom stereocenters. The second kappa shape index (κ2) is 8.43. The molecular weight excluding hydrogens is 484 g/mol. The third-order valence-corrected chi connectivity index (χ3v) is 6.41. The van der Waals surface area contributed by atoms with E-state index in [1.807, 2.05) is 0 Å². The van der Waals surface area contributed by atoms with Crippen molar-refractivity contribution in [2.75, 3.05) is 4.90 Å². The Morgan fingerprint density at radius 3 is 2.08 bits per heavy atom. The Hall–Kier alpha value is -3.74. The summed E-state index contributed by atoms with van der Waals surface area (Å²) in [5.74, 6) is -2.46. The van der Waals surface area contributed by atoms with E-state index in [-0.39, 0.29) is 29.7 Å². The molecule has 1 atom stereocenters. The summed E-state index contributed by atoms with van der Waals surface area (Å²) in [6, 6.07) is 10.9. The first-order chi connectivity index (χ1) is 16.7. The van der Waals surface area contributed by atoms with Crippen LogP contribution in [0.25, 0.3) is 0 Å². The molecular formula is C26H21F6N3O. The Balaban J connectivity index is 2.09. The summed E-state index contributed by atoms with van der Waals surface area (Å²) in [6.07, 6.45) is -9.59. The smallest absolute Gasteiger partial charge is 0.384 e. The predicted molar refractivity (Wildman–Crippen MR) is 120 cm³/mol. The molecule has 2 aromatic rings. The number of hydrogen-bond acceptors (Lipinski definition) is 4. The fourth-order valence-electron chi connectivity index (χ4n) is 5.01. The van der Waals surface area contributed by atoms with E-state index in [0.29, 0.717) is 0 Å². The minimum Gasteiger partial charge on any atom is -0.384 e. The molecule has 188 valence electrons. The number of ketones is 1. The zero-order chi connectivity index (χ0) is 26.6. The van der Waals surface area contributed by atoms with Crippen molar-refractivity contribution in [3.05, 3.63) is 87.9 Å². The van der Waals surface area contributed by atoms with Crippen molar-refractivity contribution in [2.45, 2.75) is 45.0 Å². The van der Waals surface area contributed by atoms with E-state index in [4.69, 9.17) is 5.73 Å². The maximum atomic E-state index is 13.9. The highest BCUT2D eigenvalue weighted by Gasteiger charge is 2.48. The number of para-hydroxylation sites is 1. The first kappa shape index (κ1) is 25.4. The number of halogens is 6. The van der Waals surface area contributed by atoms with Gasteiger partial charge in [0, 0.05) is 17.7 Å². The third kappa shape index (κ3) is 4.23. The summed E-state index contributed by atoms with van der Waals surface area (Å²) >= 11 is 0. The van der Waals surface area contributed by atoms with Gasteiger partial charge in [-0.25, -0.2) is 0 Å². The van der Waals surface area contributed by atoms with Crippen LogP contribution in [0.1, 0.15) is 49.3 Å². The van der Waals surface area contributed by atoms with Crippen LogP contribution in [0, 0.1) is 16.7 Å². The number of nitrogens with two attached hydrogens (primary N) is 1. The molecule has 4 rings (SSSR count). The molecule has 0 saturated carbocycles. The van der Waals surface area contributed by atoms with Crippen molar-refractivity contribution in [1.29, 1.82) is 5.26 Å². The molecule has 0 fully saturated rings. The number of alkyl halides is 6. The number of rotatable bonds is 2. The number of nitriles is 1. The van der Waals surface area contributed by atoms with Gasteiger partial charge in [0.05, 0.1) is 34.4 Å². The Bertz CT molecular complexity index is 1340. The highest BCUT2D eigenvalue weighted by atomic mass is 19.4. The summed E-state index contributed by atoms with van der Waals surface area (Å²) < 4.78 is 83.6. The molecule has 2 aliphatic rings. The number of benzene rings is 2. The van der Waals surface area contributed by atoms with Crippen molar-refractivity contribution < 1.29 is 31.1 Å². The number of Topliss-reactive ketones (excluding diaryl/α,β-unsaturated/α-hetero) is 1. The quantitative estimate of drug-likeness (QED) is 0.463. The minimum absolute atomic E-state index is 0.0517. The normalized spacial score (nSPS) is 20.4. The van der Waals surface area contributed by atoms with E-state index in [2.05, 4.69) is 0 Å². The lowest BCUT2D eigenvalue weighted by Crippen LogP contribution is -2.43. The van der Waals surface area contributed by atoms with Gasteiger partial charge in [-0.1, -0.05) is 44.2 Å². The van der Waals surface area contributed by atoms with Gasteiger partial charge in [-0.3, -0.25) is 9.69 Å². The van der Waals surface area contributed by atoms with Crippen molar-refractivity contribution in [1.82, 2.24) is 0 Å². The summed E-state index contributed by atoms with van der Waals surface area (Å²) in [5.41, 5.74) is 2.22. The number of allylic oxidation sites excluding steroid dienone is 3.